The number of hydrogen-bond acceptors (Lipinski definition) is 6. The van der Waals surface area contributed by atoms with Gasteiger partial charge in [-0.15, -0.1) is 0 Å². The zero-order chi connectivity index (χ0) is 26.4. The Labute approximate surface area is 215 Å². The lowest BCUT2D eigenvalue weighted by atomic mass is 9.98. The number of carbonyl (C=O) groups excluding carboxylic acids is 4. The van der Waals surface area contributed by atoms with E-state index < -0.39 is 35.9 Å². The van der Waals surface area contributed by atoms with Gasteiger partial charge in [0.15, 0.2) is 0 Å². The van der Waals surface area contributed by atoms with E-state index in [1.165, 1.54) is 4.90 Å². The Morgan fingerprint density at radius 2 is 1.68 bits per heavy atom. The topological polar surface area (TPSA) is 157 Å². The van der Waals surface area contributed by atoms with Crippen molar-refractivity contribution < 1.29 is 23.9 Å². The molecule has 10 heteroatoms. The molecule has 1 aliphatic carbocycles. The summed E-state index contributed by atoms with van der Waals surface area (Å²) in [6.07, 6.45) is 1.34. The van der Waals surface area contributed by atoms with Crippen molar-refractivity contribution in [1.29, 1.82) is 0 Å². The van der Waals surface area contributed by atoms with E-state index in [0.717, 1.165) is 22.3 Å². The van der Waals surface area contributed by atoms with Gasteiger partial charge in [-0.3, -0.25) is 19.3 Å². The molecule has 6 N–H and O–H groups in total. The van der Waals surface area contributed by atoms with Gasteiger partial charge in [-0.2, -0.15) is 0 Å². The number of ether oxygens (including phenoxy) is 1. The molecular formula is C27H33N5O5. The first-order valence-corrected chi connectivity index (χ1v) is 12.6. The predicted octanol–water partition coefficient (Wildman–Crippen LogP) is 1.23. The Kier molecular flexibility index (Phi) is 8.39. The fourth-order valence-corrected chi connectivity index (χ4v) is 5.09. The second-order valence-electron chi connectivity index (χ2n) is 9.33. The van der Waals surface area contributed by atoms with E-state index in [1.807, 2.05) is 36.4 Å². The van der Waals surface area contributed by atoms with Gasteiger partial charge in [0.25, 0.3) is 0 Å². The molecule has 4 rings (SSSR count). The Hall–Kier alpha value is -3.92. The largest absolute Gasteiger partial charge is 0.448 e. The molecule has 0 radical (unpaired) electrons. The number of likely N-dealkylation sites (tertiary alicyclic amines) is 1. The Bertz CT molecular complexity index is 1120. The molecule has 1 heterocycles. The van der Waals surface area contributed by atoms with Crippen LogP contribution in [-0.2, 0) is 19.1 Å². The molecule has 37 heavy (non-hydrogen) atoms. The van der Waals surface area contributed by atoms with Crippen LogP contribution in [0, 0.1) is 0 Å². The maximum atomic E-state index is 13.1. The minimum atomic E-state index is -0.889. The highest BCUT2D eigenvalue weighted by Crippen LogP contribution is 2.44. The summed E-state index contributed by atoms with van der Waals surface area (Å²) in [6.45, 7) is 0.552. The average Bonchev–Trinajstić information content (AvgIpc) is 3.52. The first-order valence-electron chi connectivity index (χ1n) is 12.6. The molecule has 2 aromatic rings. The van der Waals surface area contributed by atoms with Crippen molar-refractivity contribution in [3.8, 4) is 11.1 Å². The molecule has 2 aromatic carbocycles. The second kappa shape index (κ2) is 11.9. The number of nitrogens with zero attached hydrogens (tertiary/aromatic N) is 1. The minimum absolute atomic E-state index is 0.0826. The molecule has 0 spiro atoms. The summed E-state index contributed by atoms with van der Waals surface area (Å²) < 4.78 is 5.75. The van der Waals surface area contributed by atoms with Crippen LogP contribution in [0.15, 0.2) is 48.5 Å². The molecule has 2 aliphatic rings. The Morgan fingerprint density at radius 3 is 2.30 bits per heavy atom. The van der Waals surface area contributed by atoms with Gasteiger partial charge < -0.3 is 26.8 Å². The summed E-state index contributed by atoms with van der Waals surface area (Å²) in [5.41, 5.74) is 15.2. The van der Waals surface area contributed by atoms with Crippen LogP contribution in [0.1, 0.15) is 42.7 Å². The van der Waals surface area contributed by atoms with Gasteiger partial charge in [-0.25, -0.2) is 4.79 Å². The molecule has 0 bridgehead atoms. The molecule has 0 saturated carbocycles. The molecule has 1 aliphatic heterocycles. The van der Waals surface area contributed by atoms with Crippen LogP contribution in [-0.4, -0.2) is 67.0 Å². The molecular weight excluding hydrogens is 474 g/mol. The number of primary amides is 1. The third kappa shape index (κ3) is 5.91. The van der Waals surface area contributed by atoms with Crippen LogP contribution in [0.25, 0.3) is 11.1 Å². The molecule has 0 aromatic heterocycles. The standard InChI is InChI=1S/C27H33N5O5/c28-13-5-11-22(25(34)30-15-24(29)33)31-26(35)23-12-6-14-32(23)27(36)37-16-21-19-9-3-1-7-17(19)18-8-2-4-10-20(18)21/h1-4,7-10,21-23H,5-6,11-16,28H2,(H2,29,33)(H,30,34)(H,31,35)/t22-,23-/m0/s1. The van der Waals surface area contributed by atoms with E-state index in [-0.39, 0.29) is 19.1 Å². The maximum Gasteiger partial charge on any atom is 0.410 e. The van der Waals surface area contributed by atoms with E-state index in [2.05, 4.69) is 22.8 Å². The lowest BCUT2D eigenvalue weighted by Crippen LogP contribution is -2.54. The number of fused-ring (bicyclic) bond motifs is 3. The lowest BCUT2D eigenvalue weighted by Gasteiger charge is -2.26. The highest BCUT2D eigenvalue weighted by atomic mass is 16.6. The summed E-state index contributed by atoms with van der Waals surface area (Å²) >= 11 is 0. The van der Waals surface area contributed by atoms with E-state index in [9.17, 15) is 19.2 Å². The molecule has 4 amide bonds. The third-order valence-electron chi connectivity index (χ3n) is 6.89. The first kappa shape index (κ1) is 26.2. The predicted molar refractivity (Wildman–Crippen MR) is 137 cm³/mol. The number of nitrogens with two attached hydrogens (primary N) is 2. The summed E-state index contributed by atoms with van der Waals surface area (Å²) in [6, 6.07) is 14.5. The summed E-state index contributed by atoms with van der Waals surface area (Å²) in [7, 11) is 0. The van der Waals surface area contributed by atoms with E-state index in [0.29, 0.717) is 38.8 Å². The Morgan fingerprint density at radius 1 is 1.03 bits per heavy atom. The van der Waals surface area contributed by atoms with Crippen LogP contribution in [0.2, 0.25) is 0 Å². The van der Waals surface area contributed by atoms with Crippen LogP contribution < -0.4 is 22.1 Å². The van der Waals surface area contributed by atoms with Gasteiger partial charge in [-0.05, 0) is 54.5 Å². The minimum Gasteiger partial charge on any atom is -0.448 e. The fourth-order valence-electron chi connectivity index (χ4n) is 5.09. The monoisotopic (exact) mass is 507 g/mol. The summed E-state index contributed by atoms with van der Waals surface area (Å²) in [5, 5.41) is 5.13. The van der Waals surface area contributed by atoms with Crippen molar-refractivity contribution in [3.63, 3.8) is 0 Å². The summed E-state index contributed by atoms with van der Waals surface area (Å²) in [4.78, 5) is 51.1. The maximum absolute atomic E-state index is 13.1. The summed E-state index contributed by atoms with van der Waals surface area (Å²) in [5.74, 6) is -1.73. The van der Waals surface area contributed by atoms with Crippen LogP contribution in [0.5, 0.6) is 0 Å². The van der Waals surface area contributed by atoms with Crippen LogP contribution in [0.4, 0.5) is 4.79 Å². The molecule has 1 saturated heterocycles. The van der Waals surface area contributed by atoms with Crippen LogP contribution in [0.3, 0.4) is 0 Å². The number of benzene rings is 2. The highest BCUT2D eigenvalue weighted by Gasteiger charge is 2.37. The van der Waals surface area contributed by atoms with Crippen molar-refractivity contribution in [3.05, 3.63) is 59.7 Å². The van der Waals surface area contributed by atoms with Crippen molar-refractivity contribution in [2.75, 3.05) is 26.2 Å². The number of nitrogens with one attached hydrogen (secondary N) is 2. The first-order chi connectivity index (χ1) is 17.9. The highest BCUT2D eigenvalue weighted by molar-refractivity contribution is 5.93. The number of hydrogen-bond donors (Lipinski definition) is 4. The van der Waals surface area contributed by atoms with Gasteiger partial charge in [0.1, 0.15) is 18.7 Å². The fraction of sp³-hybridized carbons (Fsp3) is 0.407. The van der Waals surface area contributed by atoms with E-state index in [4.69, 9.17) is 16.2 Å². The quantitative estimate of drug-likeness (QED) is 0.379. The van der Waals surface area contributed by atoms with E-state index in [1.54, 1.807) is 0 Å². The van der Waals surface area contributed by atoms with Gasteiger partial charge in [0, 0.05) is 12.5 Å². The third-order valence-corrected chi connectivity index (χ3v) is 6.89. The van der Waals surface area contributed by atoms with Gasteiger partial charge in [0.05, 0.1) is 6.54 Å². The van der Waals surface area contributed by atoms with E-state index >= 15 is 0 Å². The van der Waals surface area contributed by atoms with Crippen LogP contribution >= 0.6 is 0 Å². The number of carbonyl (C=O) groups is 4. The molecule has 196 valence electrons. The van der Waals surface area contributed by atoms with Gasteiger partial charge in [-0.1, -0.05) is 48.5 Å². The SMILES string of the molecule is NCCC[C@H](NC(=O)[C@@H]1CCCN1C(=O)OCC1c2ccccc2-c2ccccc21)C(=O)NCC(N)=O. The van der Waals surface area contributed by atoms with Crippen molar-refractivity contribution in [2.24, 2.45) is 11.5 Å². The normalized spacial score (nSPS) is 17.0. The average molecular weight is 508 g/mol. The smallest absolute Gasteiger partial charge is 0.410 e. The zero-order valence-electron chi connectivity index (χ0n) is 20.7. The Balaban J connectivity index is 1.39. The van der Waals surface area contributed by atoms with Gasteiger partial charge >= 0.3 is 6.09 Å². The van der Waals surface area contributed by atoms with Crippen molar-refractivity contribution >= 4 is 23.8 Å². The lowest BCUT2D eigenvalue weighted by molar-refractivity contribution is -0.131. The molecule has 1 fully saturated rings. The zero-order valence-corrected chi connectivity index (χ0v) is 20.7. The molecule has 2 atom stereocenters. The number of rotatable bonds is 10. The van der Waals surface area contributed by atoms with Crippen molar-refractivity contribution in [1.82, 2.24) is 15.5 Å². The number of amides is 4. The van der Waals surface area contributed by atoms with Crippen molar-refractivity contribution in [2.45, 2.75) is 43.7 Å². The van der Waals surface area contributed by atoms with Gasteiger partial charge in [0.2, 0.25) is 17.7 Å². The molecule has 10 nitrogen and oxygen atoms in total. The molecule has 0 unspecified atom stereocenters. The second-order valence-corrected chi connectivity index (χ2v) is 9.33.